The van der Waals surface area contributed by atoms with Crippen molar-refractivity contribution in [2.75, 3.05) is 39.8 Å². The summed E-state index contributed by atoms with van der Waals surface area (Å²) in [5.74, 6) is 0.783. The van der Waals surface area contributed by atoms with E-state index in [0.29, 0.717) is 13.1 Å². The standard InChI is InChI=1S/C15H23N7/c1-20-7-9-21(10-8-20)12-13-3-2-4-14(11-13)15-17-18-19-22(15)6-5-16/h2-4,11H,5-10,12,16H2,1H3. The van der Waals surface area contributed by atoms with Crippen LogP contribution in [0.1, 0.15) is 5.56 Å². The molecule has 118 valence electrons. The predicted molar refractivity (Wildman–Crippen MR) is 85.1 cm³/mol. The van der Waals surface area contributed by atoms with Crippen molar-refractivity contribution in [3.05, 3.63) is 29.8 Å². The molecule has 2 aromatic rings. The summed E-state index contributed by atoms with van der Waals surface area (Å²) in [7, 11) is 2.18. The molecule has 2 N–H and O–H groups in total. The summed E-state index contributed by atoms with van der Waals surface area (Å²) < 4.78 is 1.76. The summed E-state index contributed by atoms with van der Waals surface area (Å²) in [6.07, 6.45) is 0. The molecule has 1 aromatic heterocycles. The molecule has 2 heterocycles. The van der Waals surface area contributed by atoms with Gasteiger partial charge in [-0.1, -0.05) is 18.2 Å². The molecule has 22 heavy (non-hydrogen) atoms. The van der Waals surface area contributed by atoms with E-state index < -0.39 is 0 Å². The fourth-order valence-corrected chi connectivity index (χ4v) is 2.76. The Labute approximate surface area is 130 Å². The van der Waals surface area contributed by atoms with Crippen LogP contribution in [-0.4, -0.2) is 69.8 Å². The lowest BCUT2D eigenvalue weighted by Crippen LogP contribution is -2.43. The Bertz CT molecular complexity index is 601. The second-order valence-electron chi connectivity index (χ2n) is 5.79. The number of likely N-dealkylation sites (N-methyl/N-ethyl adjacent to an activating group) is 1. The smallest absolute Gasteiger partial charge is 0.182 e. The summed E-state index contributed by atoms with van der Waals surface area (Å²) in [6.45, 7) is 6.63. The molecule has 7 heteroatoms. The SMILES string of the molecule is CN1CCN(Cc2cccc(-c3nnnn3CCN)c2)CC1. The first kappa shape index (κ1) is 15.1. The van der Waals surface area contributed by atoms with Crippen LogP contribution in [0.15, 0.2) is 24.3 Å². The third-order valence-corrected chi connectivity index (χ3v) is 4.06. The van der Waals surface area contributed by atoms with Gasteiger partial charge in [0.05, 0.1) is 6.54 Å². The zero-order valence-corrected chi connectivity index (χ0v) is 13.0. The molecule has 0 saturated carbocycles. The van der Waals surface area contributed by atoms with Crippen LogP contribution in [-0.2, 0) is 13.1 Å². The minimum absolute atomic E-state index is 0.527. The largest absolute Gasteiger partial charge is 0.329 e. The van der Waals surface area contributed by atoms with Crippen molar-refractivity contribution >= 4 is 0 Å². The first-order valence-corrected chi connectivity index (χ1v) is 7.72. The van der Waals surface area contributed by atoms with Crippen LogP contribution in [0, 0.1) is 0 Å². The van der Waals surface area contributed by atoms with E-state index >= 15 is 0 Å². The van der Waals surface area contributed by atoms with Crippen LogP contribution >= 0.6 is 0 Å². The van der Waals surface area contributed by atoms with Gasteiger partial charge >= 0.3 is 0 Å². The molecule has 3 rings (SSSR count). The van der Waals surface area contributed by atoms with Gasteiger partial charge in [-0.15, -0.1) is 5.10 Å². The van der Waals surface area contributed by atoms with Gasteiger partial charge in [-0.05, 0) is 29.1 Å². The molecular formula is C15H23N7. The van der Waals surface area contributed by atoms with E-state index in [1.54, 1.807) is 4.68 Å². The highest BCUT2D eigenvalue weighted by Gasteiger charge is 2.15. The normalized spacial score (nSPS) is 17.0. The lowest BCUT2D eigenvalue weighted by molar-refractivity contribution is 0.148. The molecule has 1 aliphatic heterocycles. The molecule has 7 nitrogen and oxygen atoms in total. The summed E-state index contributed by atoms with van der Waals surface area (Å²) in [5, 5.41) is 11.9. The van der Waals surface area contributed by atoms with Gasteiger partial charge in [0.15, 0.2) is 5.82 Å². The lowest BCUT2D eigenvalue weighted by Gasteiger charge is -2.32. The third kappa shape index (κ3) is 3.49. The second kappa shape index (κ2) is 6.95. The van der Waals surface area contributed by atoms with Gasteiger partial charge in [0.2, 0.25) is 0 Å². The number of nitrogens with two attached hydrogens (primary N) is 1. The summed E-state index contributed by atoms with van der Waals surface area (Å²) in [6, 6.07) is 8.46. The highest BCUT2D eigenvalue weighted by molar-refractivity contribution is 5.55. The quantitative estimate of drug-likeness (QED) is 0.841. The number of tetrazole rings is 1. The zero-order chi connectivity index (χ0) is 15.4. The van der Waals surface area contributed by atoms with Gasteiger partial charge in [-0.2, -0.15) is 0 Å². The Morgan fingerprint density at radius 1 is 1.18 bits per heavy atom. The Kier molecular flexibility index (Phi) is 4.77. The Morgan fingerprint density at radius 2 is 2.00 bits per heavy atom. The summed E-state index contributed by atoms with van der Waals surface area (Å²) in [5.41, 5.74) is 7.95. The monoisotopic (exact) mass is 301 g/mol. The van der Waals surface area contributed by atoms with Crippen molar-refractivity contribution in [1.82, 2.24) is 30.0 Å². The number of rotatable bonds is 5. The van der Waals surface area contributed by atoms with E-state index in [2.05, 4.69) is 50.6 Å². The minimum Gasteiger partial charge on any atom is -0.329 e. The first-order valence-electron chi connectivity index (χ1n) is 7.72. The summed E-state index contributed by atoms with van der Waals surface area (Å²) >= 11 is 0. The Morgan fingerprint density at radius 3 is 2.77 bits per heavy atom. The van der Waals surface area contributed by atoms with Crippen molar-refractivity contribution in [3.63, 3.8) is 0 Å². The van der Waals surface area contributed by atoms with Crippen LogP contribution in [0.25, 0.3) is 11.4 Å². The average molecular weight is 301 g/mol. The highest BCUT2D eigenvalue weighted by Crippen LogP contribution is 2.18. The van der Waals surface area contributed by atoms with Crippen molar-refractivity contribution in [2.45, 2.75) is 13.1 Å². The molecular weight excluding hydrogens is 278 g/mol. The number of aromatic nitrogens is 4. The number of hydrogen-bond acceptors (Lipinski definition) is 6. The van der Waals surface area contributed by atoms with Gasteiger partial charge < -0.3 is 10.6 Å². The fourth-order valence-electron chi connectivity index (χ4n) is 2.76. The average Bonchev–Trinajstić information content (AvgIpc) is 2.99. The number of hydrogen-bond donors (Lipinski definition) is 1. The fraction of sp³-hybridized carbons (Fsp3) is 0.533. The predicted octanol–water partition coefficient (Wildman–Crippen LogP) is 0.0462. The van der Waals surface area contributed by atoms with E-state index in [1.807, 2.05) is 6.07 Å². The van der Waals surface area contributed by atoms with Gasteiger partial charge in [0.25, 0.3) is 0 Å². The number of nitrogens with zero attached hydrogens (tertiary/aromatic N) is 6. The van der Waals surface area contributed by atoms with Crippen LogP contribution in [0.5, 0.6) is 0 Å². The van der Waals surface area contributed by atoms with Gasteiger partial charge in [-0.3, -0.25) is 4.90 Å². The molecule has 0 amide bonds. The number of benzene rings is 1. The molecule has 1 aliphatic rings. The van der Waals surface area contributed by atoms with Crippen molar-refractivity contribution < 1.29 is 0 Å². The lowest BCUT2D eigenvalue weighted by atomic mass is 10.1. The van der Waals surface area contributed by atoms with Crippen molar-refractivity contribution in [1.29, 1.82) is 0 Å². The van der Waals surface area contributed by atoms with Crippen LogP contribution in [0.2, 0.25) is 0 Å². The topological polar surface area (TPSA) is 76.1 Å². The molecule has 0 atom stereocenters. The van der Waals surface area contributed by atoms with E-state index in [1.165, 1.54) is 5.56 Å². The van der Waals surface area contributed by atoms with E-state index in [-0.39, 0.29) is 0 Å². The van der Waals surface area contributed by atoms with Gasteiger partial charge in [-0.25, -0.2) is 4.68 Å². The van der Waals surface area contributed by atoms with Crippen LogP contribution < -0.4 is 5.73 Å². The molecule has 1 fully saturated rings. The molecule has 0 aliphatic carbocycles. The zero-order valence-electron chi connectivity index (χ0n) is 13.0. The van der Waals surface area contributed by atoms with Crippen LogP contribution in [0.3, 0.4) is 0 Å². The summed E-state index contributed by atoms with van der Waals surface area (Å²) in [4.78, 5) is 4.86. The maximum Gasteiger partial charge on any atom is 0.182 e. The molecule has 1 aromatic carbocycles. The van der Waals surface area contributed by atoms with Crippen molar-refractivity contribution in [2.24, 2.45) is 5.73 Å². The maximum atomic E-state index is 5.60. The van der Waals surface area contributed by atoms with Gasteiger partial charge in [0.1, 0.15) is 0 Å². The highest BCUT2D eigenvalue weighted by atomic mass is 15.5. The van der Waals surface area contributed by atoms with Crippen molar-refractivity contribution in [3.8, 4) is 11.4 Å². The second-order valence-corrected chi connectivity index (χ2v) is 5.79. The molecule has 0 unspecified atom stereocenters. The minimum atomic E-state index is 0.527. The maximum absolute atomic E-state index is 5.60. The molecule has 0 spiro atoms. The number of piperazine rings is 1. The first-order chi connectivity index (χ1) is 10.8. The van der Waals surface area contributed by atoms with E-state index in [0.717, 1.165) is 44.1 Å². The van der Waals surface area contributed by atoms with Crippen LogP contribution in [0.4, 0.5) is 0 Å². The molecule has 0 bridgehead atoms. The molecule has 0 radical (unpaired) electrons. The Hall–Kier alpha value is -1.83. The molecule has 1 saturated heterocycles. The van der Waals surface area contributed by atoms with E-state index in [4.69, 9.17) is 5.73 Å². The van der Waals surface area contributed by atoms with Gasteiger partial charge in [0, 0.05) is 44.8 Å². The Balaban J connectivity index is 1.73. The van der Waals surface area contributed by atoms with E-state index in [9.17, 15) is 0 Å². The third-order valence-electron chi connectivity index (χ3n) is 4.06.